The summed E-state index contributed by atoms with van der Waals surface area (Å²) >= 11 is 0. The number of halogens is 3. The molecule has 0 aromatic carbocycles. The lowest BCUT2D eigenvalue weighted by molar-refractivity contribution is 0.120. The van der Waals surface area contributed by atoms with Gasteiger partial charge in [0.25, 0.3) is 6.43 Å². The Morgan fingerprint density at radius 1 is 1.11 bits per heavy atom. The molecule has 9 nitrogen and oxygen atoms in total. The summed E-state index contributed by atoms with van der Waals surface area (Å²) < 4.78 is 44.3. The van der Waals surface area contributed by atoms with Crippen LogP contribution in [0.2, 0.25) is 0 Å². The van der Waals surface area contributed by atoms with Crippen molar-refractivity contribution in [1.82, 2.24) is 34.0 Å². The standard InChI is InChI=1S/C24H28F3N9/c1-13-29-19-6-5-17(30-23(19)35(13)12-20(26)27)15-7-10-36-21(15)22(28-2)32-24(33-36)31-18-8-9-34(11-16(18)25)14-3-4-14/h5-7,10,14,16,18,20H,3-4,8-9,11-12H2,1-2H3,(H2,28,31,32,33)/t16-,18+/m1/s1. The molecule has 1 aliphatic carbocycles. The highest BCUT2D eigenvalue weighted by Crippen LogP contribution is 2.32. The third-order valence-corrected chi connectivity index (χ3v) is 7.08. The van der Waals surface area contributed by atoms with Gasteiger partial charge in [0.05, 0.1) is 18.3 Å². The van der Waals surface area contributed by atoms with Gasteiger partial charge in [0.1, 0.15) is 23.0 Å². The number of nitrogens with zero attached hydrogens (tertiary/aromatic N) is 7. The molecule has 0 spiro atoms. The van der Waals surface area contributed by atoms with Crippen LogP contribution in [0, 0.1) is 6.92 Å². The molecule has 2 aliphatic rings. The summed E-state index contributed by atoms with van der Waals surface area (Å²) in [5, 5.41) is 10.9. The molecule has 0 unspecified atom stereocenters. The first-order chi connectivity index (χ1) is 17.4. The second-order valence-corrected chi connectivity index (χ2v) is 9.54. The minimum absolute atomic E-state index is 0.343. The zero-order chi connectivity index (χ0) is 25.0. The first-order valence-electron chi connectivity index (χ1n) is 12.3. The lowest BCUT2D eigenvalue weighted by Gasteiger charge is -2.35. The predicted octanol–water partition coefficient (Wildman–Crippen LogP) is 3.74. The number of aromatic nitrogens is 6. The van der Waals surface area contributed by atoms with Crippen LogP contribution in [0.4, 0.5) is 24.9 Å². The van der Waals surface area contributed by atoms with E-state index in [0.717, 1.165) is 12.1 Å². The lowest BCUT2D eigenvalue weighted by atomic mass is 10.0. The summed E-state index contributed by atoms with van der Waals surface area (Å²) in [7, 11) is 1.76. The molecule has 5 heterocycles. The van der Waals surface area contributed by atoms with E-state index in [4.69, 9.17) is 0 Å². The average molecular weight is 500 g/mol. The van der Waals surface area contributed by atoms with Crippen LogP contribution in [0.5, 0.6) is 0 Å². The van der Waals surface area contributed by atoms with E-state index in [-0.39, 0.29) is 6.04 Å². The molecule has 36 heavy (non-hydrogen) atoms. The molecule has 190 valence electrons. The molecular formula is C24H28F3N9. The average Bonchev–Trinajstić information content (AvgIpc) is 3.55. The minimum atomic E-state index is -2.51. The van der Waals surface area contributed by atoms with Crippen LogP contribution in [-0.2, 0) is 6.54 Å². The van der Waals surface area contributed by atoms with Crippen molar-refractivity contribution in [2.75, 3.05) is 30.8 Å². The topological polar surface area (TPSA) is 88.2 Å². The fraction of sp³-hybridized carbons (Fsp3) is 0.500. The van der Waals surface area contributed by atoms with E-state index < -0.39 is 19.1 Å². The van der Waals surface area contributed by atoms with Gasteiger partial charge >= 0.3 is 0 Å². The zero-order valence-electron chi connectivity index (χ0n) is 20.1. The molecule has 0 amide bonds. The molecule has 12 heteroatoms. The highest BCUT2D eigenvalue weighted by Gasteiger charge is 2.37. The lowest BCUT2D eigenvalue weighted by Crippen LogP contribution is -2.48. The first-order valence-corrected chi connectivity index (χ1v) is 12.3. The third kappa shape index (κ3) is 4.12. The SMILES string of the molecule is CNc1nc(N[C@H]2CCN(C3CC3)C[C@H]2F)nn2ccc(-c3ccc4nc(C)n(CC(F)F)c4n3)c12. The number of piperidine rings is 1. The summed E-state index contributed by atoms with van der Waals surface area (Å²) in [5.41, 5.74) is 2.99. The zero-order valence-corrected chi connectivity index (χ0v) is 20.1. The molecule has 4 aromatic rings. The highest BCUT2D eigenvalue weighted by atomic mass is 19.3. The maximum absolute atomic E-state index is 14.9. The normalized spacial score (nSPS) is 21.1. The number of anilines is 2. The fourth-order valence-electron chi connectivity index (χ4n) is 5.12. The van der Waals surface area contributed by atoms with E-state index in [2.05, 4.69) is 35.6 Å². The molecule has 6 rings (SSSR count). The van der Waals surface area contributed by atoms with E-state index in [1.807, 2.05) is 12.1 Å². The number of imidazole rings is 1. The summed E-state index contributed by atoms with van der Waals surface area (Å²) in [6.45, 7) is 2.53. The van der Waals surface area contributed by atoms with Crippen molar-refractivity contribution in [3.8, 4) is 11.3 Å². The van der Waals surface area contributed by atoms with E-state index in [0.29, 0.717) is 59.0 Å². The summed E-state index contributed by atoms with van der Waals surface area (Å²) in [4.78, 5) is 15.9. The Balaban J connectivity index is 1.32. The Morgan fingerprint density at radius 2 is 1.94 bits per heavy atom. The third-order valence-electron chi connectivity index (χ3n) is 7.08. The van der Waals surface area contributed by atoms with E-state index in [1.54, 1.807) is 30.8 Å². The van der Waals surface area contributed by atoms with Crippen molar-refractivity contribution in [2.45, 2.75) is 57.4 Å². The predicted molar refractivity (Wildman–Crippen MR) is 131 cm³/mol. The van der Waals surface area contributed by atoms with Crippen LogP contribution >= 0.6 is 0 Å². The van der Waals surface area contributed by atoms with Crippen LogP contribution in [0.15, 0.2) is 24.4 Å². The number of nitrogens with one attached hydrogen (secondary N) is 2. The molecule has 2 fully saturated rings. The molecule has 0 radical (unpaired) electrons. The maximum atomic E-state index is 14.9. The number of fused-ring (bicyclic) bond motifs is 2. The first kappa shape index (κ1) is 23.0. The summed E-state index contributed by atoms with van der Waals surface area (Å²) in [6, 6.07) is 5.65. The van der Waals surface area contributed by atoms with E-state index in [1.165, 1.54) is 17.4 Å². The molecule has 2 atom stereocenters. The van der Waals surface area contributed by atoms with Crippen molar-refractivity contribution in [1.29, 1.82) is 0 Å². The van der Waals surface area contributed by atoms with E-state index in [9.17, 15) is 13.2 Å². The molecule has 2 N–H and O–H groups in total. The number of rotatable bonds is 7. The number of hydrogen-bond acceptors (Lipinski definition) is 7. The molecular weight excluding hydrogens is 471 g/mol. The van der Waals surface area contributed by atoms with Gasteiger partial charge in [0.2, 0.25) is 5.95 Å². The molecule has 1 saturated carbocycles. The van der Waals surface area contributed by atoms with Crippen molar-refractivity contribution in [3.63, 3.8) is 0 Å². The van der Waals surface area contributed by atoms with Gasteiger partial charge in [-0.3, -0.25) is 4.90 Å². The number of hydrogen-bond donors (Lipinski definition) is 2. The Labute approximate surface area is 205 Å². The maximum Gasteiger partial charge on any atom is 0.256 e. The number of likely N-dealkylation sites (tertiary alicyclic amines) is 1. The smallest absolute Gasteiger partial charge is 0.256 e. The fourth-order valence-corrected chi connectivity index (χ4v) is 5.12. The monoisotopic (exact) mass is 499 g/mol. The molecule has 1 aliphatic heterocycles. The second-order valence-electron chi connectivity index (χ2n) is 9.54. The van der Waals surface area contributed by atoms with Gasteiger partial charge in [-0.2, -0.15) is 4.98 Å². The molecule has 4 aromatic heterocycles. The van der Waals surface area contributed by atoms with Crippen LogP contribution < -0.4 is 10.6 Å². The number of aryl methyl sites for hydroxylation is 1. The van der Waals surface area contributed by atoms with Gasteiger partial charge in [0.15, 0.2) is 11.5 Å². The quantitative estimate of drug-likeness (QED) is 0.401. The van der Waals surface area contributed by atoms with Crippen molar-refractivity contribution >= 4 is 28.4 Å². The Bertz CT molecular complexity index is 1410. The number of alkyl halides is 3. The van der Waals surface area contributed by atoms with Gasteiger partial charge in [-0.1, -0.05) is 0 Å². The van der Waals surface area contributed by atoms with Crippen molar-refractivity contribution < 1.29 is 13.2 Å². The van der Waals surface area contributed by atoms with Gasteiger partial charge in [0, 0.05) is 37.9 Å². The molecule has 1 saturated heterocycles. The van der Waals surface area contributed by atoms with Crippen LogP contribution in [0.1, 0.15) is 25.1 Å². The van der Waals surface area contributed by atoms with Crippen LogP contribution in [0.3, 0.4) is 0 Å². The minimum Gasteiger partial charge on any atom is -0.371 e. The van der Waals surface area contributed by atoms with Gasteiger partial charge in [-0.15, -0.1) is 5.10 Å². The van der Waals surface area contributed by atoms with Crippen molar-refractivity contribution in [2.24, 2.45) is 0 Å². The number of pyridine rings is 1. The largest absolute Gasteiger partial charge is 0.371 e. The second kappa shape index (κ2) is 8.91. The van der Waals surface area contributed by atoms with Gasteiger partial charge in [-0.05, 0) is 44.4 Å². The van der Waals surface area contributed by atoms with Crippen LogP contribution in [0.25, 0.3) is 27.9 Å². The Hall–Kier alpha value is -3.41. The summed E-state index contributed by atoms with van der Waals surface area (Å²) in [6.07, 6.45) is 1.32. The highest BCUT2D eigenvalue weighted by molar-refractivity contribution is 5.89. The Morgan fingerprint density at radius 3 is 2.67 bits per heavy atom. The van der Waals surface area contributed by atoms with E-state index >= 15 is 0 Å². The summed E-state index contributed by atoms with van der Waals surface area (Å²) in [5.74, 6) is 1.38. The van der Waals surface area contributed by atoms with Crippen molar-refractivity contribution in [3.05, 3.63) is 30.2 Å². The van der Waals surface area contributed by atoms with Crippen LogP contribution in [-0.4, -0.2) is 78.9 Å². The Kier molecular flexibility index (Phi) is 5.70. The van der Waals surface area contributed by atoms with Gasteiger partial charge in [-0.25, -0.2) is 27.7 Å². The molecule has 0 bridgehead atoms. The van der Waals surface area contributed by atoms with Gasteiger partial charge < -0.3 is 15.2 Å².